The number of furan rings is 1. The molecule has 0 atom stereocenters. The highest BCUT2D eigenvalue weighted by Crippen LogP contribution is 2.23. The lowest BCUT2D eigenvalue weighted by Gasteiger charge is -2.00. The number of hydrogen-bond donors (Lipinski definition) is 1. The Morgan fingerprint density at radius 2 is 2.16 bits per heavy atom. The van der Waals surface area contributed by atoms with Crippen LogP contribution < -0.4 is 5.32 Å². The molecule has 1 N–H and O–H groups in total. The molecule has 0 fully saturated rings. The van der Waals surface area contributed by atoms with Gasteiger partial charge < -0.3 is 9.73 Å². The molecule has 19 heavy (non-hydrogen) atoms. The van der Waals surface area contributed by atoms with Crippen LogP contribution in [0.5, 0.6) is 0 Å². The molecule has 0 aliphatic carbocycles. The number of carbonyl (C=O) groups is 1. The number of pyridine rings is 1. The predicted molar refractivity (Wildman–Crippen MR) is 76.1 cm³/mol. The second kappa shape index (κ2) is 4.85. The lowest BCUT2D eigenvalue weighted by molar-refractivity contribution is 0.0998. The fourth-order valence-corrected chi connectivity index (χ4v) is 2.09. The minimum atomic E-state index is -0.291. The summed E-state index contributed by atoms with van der Waals surface area (Å²) in [5, 5.41) is 3.62. The zero-order valence-corrected chi connectivity index (χ0v) is 11.3. The fraction of sp³-hybridized carbons (Fsp3) is 0. The van der Waals surface area contributed by atoms with Crippen molar-refractivity contribution in [1.29, 1.82) is 0 Å². The van der Waals surface area contributed by atoms with Gasteiger partial charge in [-0.15, -0.1) is 0 Å². The zero-order chi connectivity index (χ0) is 13.2. The second-order valence-corrected chi connectivity index (χ2v) is 4.90. The van der Waals surface area contributed by atoms with Crippen LogP contribution in [0, 0.1) is 0 Å². The van der Waals surface area contributed by atoms with E-state index in [0.29, 0.717) is 11.3 Å². The molecule has 2 aromatic heterocycles. The Kier molecular flexibility index (Phi) is 3.05. The van der Waals surface area contributed by atoms with Crippen molar-refractivity contribution in [3.63, 3.8) is 0 Å². The number of nitrogens with one attached hydrogen (secondary N) is 1. The molecule has 5 heteroatoms. The normalized spacial score (nSPS) is 10.6. The number of anilines is 1. The van der Waals surface area contributed by atoms with Crippen LogP contribution in [-0.2, 0) is 0 Å². The monoisotopic (exact) mass is 316 g/mol. The summed E-state index contributed by atoms with van der Waals surface area (Å²) in [5.74, 6) is -0.0164. The largest absolute Gasteiger partial charge is 0.451 e. The van der Waals surface area contributed by atoms with Crippen LogP contribution in [0.25, 0.3) is 11.0 Å². The molecule has 1 amide bonds. The first-order valence-corrected chi connectivity index (χ1v) is 6.42. The van der Waals surface area contributed by atoms with Crippen LogP contribution >= 0.6 is 15.9 Å². The van der Waals surface area contributed by atoms with E-state index in [0.717, 1.165) is 9.86 Å². The third-order valence-electron chi connectivity index (χ3n) is 2.63. The summed E-state index contributed by atoms with van der Waals surface area (Å²) in [6.07, 6.45) is 3.23. The first-order chi connectivity index (χ1) is 9.22. The number of fused-ring (bicyclic) bond motifs is 1. The van der Waals surface area contributed by atoms with Gasteiger partial charge in [0.05, 0.1) is 11.9 Å². The number of benzene rings is 1. The summed E-state index contributed by atoms with van der Waals surface area (Å²) in [7, 11) is 0. The van der Waals surface area contributed by atoms with Crippen molar-refractivity contribution in [3.05, 3.63) is 59.0 Å². The third kappa shape index (κ3) is 2.51. The van der Waals surface area contributed by atoms with Crippen molar-refractivity contribution in [2.75, 3.05) is 5.32 Å². The Morgan fingerprint density at radius 3 is 2.95 bits per heavy atom. The number of aromatic nitrogens is 1. The maximum absolute atomic E-state index is 12.0. The van der Waals surface area contributed by atoms with E-state index >= 15 is 0 Å². The van der Waals surface area contributed by atoms with E-state index in [1.165, 1.54) is 0 Å². The Bertz CT molecular complexity index is 738. The van der Waals surface area contributed by atoms with Gasteiger partial charge >= 0.3 is 0 Å². The van der Waals surface area contributed by atoms with E-state index in [9.17, 15) is 4.79 Å². The van der Waals surface area contributed by atoms with Crippen LogP contribution in [0.3, 0.4) is 0 Å². The van der Waals surface area contributed by atoms with Crippen molar-refractivity contribution in [2.45, 2.75) is 0 Å². The molecule has 0 bridgehead atoms. The van der Waals surface area contributed by atoms with E-state index in [1.54, 1.807) is 30.6 Å². The molecule has 1 aromatic carbocycles. The van der Waals surface area contributed by atoms with Crippen molar-refractivity contribution in [3.8, 4) is 0 Å². The summed E-state index contributed by atoms with van der Waals surface area (Å²) in [6.45, 7) is 0. The van der Waals surface area contributed by atoms with Crippen molar-refractivity contribution in [1.82, 2.24) is 4.98 Å². The number of halogens is 1. The number of carbonyl (C=O) groups excluding carboxylic acids is 1. The van der Waals surface area contributed by atoms with Gasteiger partial charge in [0.2, 0.25) is 0 Å². The van der Waals surface area contributed by atoms with Gasteiger partial charge in [0.15, 0.2) is 5.76 Å². The minimum Gasteiger partial charge on any atom is -0.451 e. The lowest BCUT2D eigenvalue weighted by atomic mass is 10.2. The SMILES string of the molecule is O=C(Nc1cccnc1)c1cc2ccc(Br)cc2o1. The summed E-state index contributed by atoms with van der Waals surface area (Å²) in [6, 6.07) is 10.9. The predicted octanol–water partition coefficient (Wildman–Crippen LogP) is 3.84. The standard InChI is InChI=1S/C14H9BrN2O2/c15-10-4-3-9-6-13(19-12(9)7-10)14(18)17-11-2-1-5-16-8-11/h1-8H,(H,17,18). The highest BCUT2D eigenvalue weighted by Gasteiger charge is 2.12. The van der Waals surface area contributed by atoms with E-state index in [2.05, 4.69) is 26.2 Å². The maximum Gasteiger partial charge on any atom is 0.291 e. The van der Waals surface area contributed by atoms with Crippen LogP contribution in [0.2, 0.25) is 0 Å². The Balaban J connectivity index is 1.89. The van der Waals surface area contributed by atoms with Crippen molar-refractivity contribution < 1.29 is 9.21 Å². The van der Waals surface area contributed by atoms with Gasteiger partial charge in [-0.25, -0.2) is 0 Å². The van der Waals surface area contributed by atoms with E-state index in [1.807, 2.05) is 18.2 Å². The Labute approximate surface area is 117 Å². The lowest BCUT2D eigenvalue weighted by Crippen LogP contribution is -2.10. The second-order valence-electron chi connectivity index (χ2n) is 3.99. The van der Waals surface area contributed by atoms with Gasteiger partial charge in [-0.05, 0) is 36.4 Å². The van der Waals surface area contributed by atoms with Crippen molar-refractivity contribution in [2.24, 2.45) is 0 Å². The van der Waals surface area contributed by atoms with Crippen LogP contribution in [-0.4, -0.2) is 10.9 Å². The average Bonchev–Trinajstić information content (AvgIpc) is 2.83. The quantitative estimate of drug-likeness (QED) is 0.781. The molecule has 2 heterocycles. The van der Waals surface area contributed by atoms with Crippen LogP contribution in [0.1, 0.15) is 10.6 Å². The summed E-state index contributed by atoms with van der Waals surface area (Å²) < 4.78 is 6.43. The van der Waals surface area contributed by atoms with Gasteiger partial charge in [-0.3, -0.25) is 9.78 Å². The van der Waals surface area contributed by atoms with Gasteiger partial charge in [0, 0.05) is 16.1 Å². The summed E-state index contributed by atoms with van der Waals surface area (Å²) in [4.78, 5) is 16.0. The Morgan fingerprint density at radius 1 is 1.26 bits per heavy atom. The minimum absolute atomic E-state index is 0.275. The number of hydrogen-bond acceptors (Lipinski definition) is 3. The Hall–Kier alpha value is -2.14. The smallest absolute Gasteiger partial charge is 0.291 e. The van der Waals surface area contributed by atoms with Gasteiger partial charge in [0.25, 0.3) is 5.91 Å². The van der Waals surface area contributed by atoms with Gasteiger partial charge in [0.1, 0.15) is 5.58 Å². The molecule has 94 valence electrons. The molecule has 0 aliphatic heterocycles. The molecule has 3 aromatic rings. The molecule has 0 spiro atoms. The van der Waals surface area contributed by atoms with Gasteiger partial charge in [-0.1, -0.05) is 15.9 Å². The molecule has 0 unspecified atom stereocenters. The highest BCUT2D eigenvalue weighted by molar-refractivity contribution is 9.10. The first kappa shape index (κ1) is 11.9. The van der Waals surface area contributed by atoms with E-state index < -0.39 is 0 Å². The molecular weight excluding hydrogens is 308 g/mol. The topological polar surface area (TPSA) is 55.1 Å². The number of amides is 1. The molecule has 3 rings (SSSR count). The summed E-state index contributed by atoms with van der Waals surface area (Å²) >= 11 is 3.36. The summed E-state index contributed by atoms with van der Waals surface area (Å²) in [5.41, 5.74) is 1.31. The number of rotatable bonds is 2. The molecule has 0 saturated heterocycles. The third-order valence-corrected chi connectivity index (χ3v) is 3.12. The number of nitrogens with zero attached hydrogens (tertiary/aromatic N) is 1. The first-order valence-electron chi connectivity index (χ1n) is 5.63. The van der Waals surface area contributed by atoms with E-state index in [-0.39, 0.29) is 11.7 Å². The average molecular weight is 317 g/mol. The van der Waals surface area contributed by atoms with Gasteiger partial charge in [-0.2, -0.15) is 0 Å². The molecular formula is C14H9BrN2O2. The zero-order valence-electron chi connectivity index (χ0n) is 9.76. The van der Waals surface area contributed by atoms with Crippen LogP contribution in [0.4, 0.5) is 5.69 Å². The molecule has 4 nitrogen and oxygen atoms in total. The van der Waals surface area contributed by atoms with Crippen molar-refractivity contribution >= 4 is 38.5 Å². The van der Waals surface area contributed by atoms with Crippen LogP contribution in [0.15, 0.2) is 57.7 Å². The van der Waals surface area contributed by atoms with E-state index in [4.69, 9.17) is 4.42 Å². The molecule has 0 saturated carbocycles. The maximum atomic E-state index is 12.0. The fourth-order valence-electron chi connectivity index (χ4n) is 1.75. The molecule has 0 radical (unpaired) electrons. The molecule has 0 aliphatic rings. The highest BCUT2D eigenvalue weighted by atomic mass is 79.9.